The van der Waals surface area contributed by atoms with E-state index in [9.17, 15) is 14.7 Å². The molecule has 0 saturated carbocycles. The molecule has 0 fully saturated rings. The van der Waals surface area contributed by atoms with E-state index in [0.29, 0.717) is 0 Å². The van der Waals surface area contributed by atoms with Crippen LogP contribution in [0.4, 0.5) is 0 Å². The van der Waals surface area contributed by atoms with Crippen LogP contribution < -0.4 is 0 Å². The molecule has 4 nitrogen and oxygen atoms in total. The van der Waals surface area contributed by atoms with Gasteiger partial charge in [0.15, 0.2) is 11.6 Å². The van der Waals surface area contributed by atoms with Crippen LogP contribution >= 0.6 is 15.9 Å². The maximum absolute atomic E-state index is 11.9. The predicted octanol–water partition coefficient (Wildman–Crippen LogP) is 0.882. The van der Waals surface area contributed by atoms with Gasteiger partial charge in [-0.25, -0.2) is 0 Å². The average molecular weight is 287 g/mol. The number of aliphatic hydroxyl groups excluding tert-OH is 1. The number of aliphatic hydroxyl groups is 1. The molecular formula is C11H11BrO4. The minimum Gasteiger partial charge on any atom is -0.386 e. The fourth-order valence-electron chi connectivity index (χ4n) is 2.05. The van der Waals surface area contributed by atoms with Crippen LogP contribution in [0.1, 0.15) is 13.8 Å². The molecule has 1 aliphatic carbocycles. The Bertz CT molecular complexity index is 435. The number of hydrogen-bond donors (Lipinski definition) is 1. The minimum absolute atomic E-state index is 0.180. The summed E-state index contributed by atoms with van der Waals surface area (Å²) in [5, 5.41) is 9.86. The summed E-state index contributed by atoms with van der Waals surface area (Å²) in [6.07, 6.45) is -0.767. The van der Waals surface area contributed by atoms with Crippen LogP contribution in [0.2, 0.25) is 0 Å². The largest absolute Gasteiger partial charge is 0.386 e. The second-order valence-electron chi connectivity index (χ2n) is 3.94. The summed E-state index contributed by atoms with van der Waals surface area (Å²) in [6.45, 7) is 3.38. The third kappa shape index (κ3) is 1.59. The van der Waals surface area contributed by atoms with E-state index in [-0.39, 0.29) is 27.2 Å². The van der Waals surface area contributed by atoms with E-state index in [0.717, 1.165) is 0 Å². The van der Waals surface area contributed by atoms with Crippen molar-refractivity contribution in [3.8, 4) is 0 Å². The topological polar surface area (TPSA) is 63.6 Å². The normalized spacial score (nSPS) is 35.0. The quantitative estimate of drug-likeness (QED) is 0.672. The molecule has 0 saturated heterocycles. The van der Waals surface area contributed by atoms with Crippen LogP contribution in [0, 0.1) is 0 Å². The van der Waals surface area contributed by atoms with Crippen molar-refractivity contribution in [2.75, 3.05) is 0 Å². The van der Waals surface area contributed by atoms with E-state index in [2.05, 4.69) is 15.9 Å². The Hall–Kier alpha value is -0.780. The number of allylic oxidation sites excluding steroid dienone is 2. The van der Waals surface area contributed by atoms with Crippen molar-refractivity contribution in [1.29, 1.82) is 0 Å². The summed E-state index contributed by atoms with van der Waals surface area (Å²) in [6, 6.07) is 0. The first-order valence-electron chi connectivity index (χ1n) is 4.97. The van der Waals surface area contributed by atoms with Gasteiger partial charge in [0, 0.05) is 17.2 Å². The van der Waals surface area contributed by atoms with E-state index in [1.165, 1.54) is 6.08 Å². The van der Waals surface area contributed by atoms with Crippen molar-refractivity contribution in [3.63, 3.8) is 0 Å². The molecule has 5 heteroatoms. The van der Waals surface area contributed by atoms with E-state index in [1.807, 2.05) is 0 Å². The highest BCUT2D eigenvalue weighted by molar-refractivity contribution is 9.12. The fraction of sp³-hybridized carbons (Fsp3) is 0.455. The standard InChI is InChI=1S/C11H11BrO4/c1-4-8-9(10(14)5(2)16-4)7(13)3-6(12)11(8)15/h3-5,10,14H,1-2H3/t4-,5+,10+/m1/s1. The summed E-state index contributed by atoms with van der Waals surface area (Å²) >= 11 is 3.04. The number of rotatable bonds is 0. The van der Waals surface area contributed by atoms with Crippen LogP contribution in [0.3, 0.4) is 0 Å². The molecule has 0 bridgehead atoms. The maximum Gasteiger partial charge on any atom is 0.199 e. The maximum atomic E-state index is 11.9. The van der Waals surface area contributed by atoms with E-state index in [1.54, 1.807) is 13.8 Å². The zero-order valence-electron chi connectivity index (χ0n) is 8.86. The first-order chi connectivity index (χ1) is 7.43. The van der Waals surface area contributed by atoms with Crippen LogP contribution in [0.5, 0.6) is 0 Å². The van der Waals surface area contributed by atoms with Crippen molar-refractivity contribution in [2.24, 2.45) is 0 Å². The van der Waals surface area contributed by atoms with Crippen molar-refractivity contribution in [1.82, 2.24) is 0 Å². The predicted molar refractivity (Wildman–Crippen MR) is 60.1 cm³/mol. The van der Waals surface area contributed by atoms with Gasteiger partial charge in [-0.1, -0.05) is 0 Å². The van der Waals surface area contributed by atoms with Gasteiger partial charge in [0.05, 0.1) is 16.7 Å². The summed E-state index contributed by atoms with van der Waals surface area (Å²) in [5.41, 5.74) is 0.449. The summed E-state index contributed by atoms with van der Waals surface area (Å²) < 4.78 is 5.62. The molecule has 0 amide bonds. The van der Waals surface area contributed by atoms with Gasteiger partial charge in [0.2, 0.25) is 0 Å². The van der Waals surface area contributed by atoms with Crippen LogP contribution in [0.25, 0.3) is 0 Å². The summed E-state index contributed by atoms with van der Waals surface area (Å²) in [4.78, 5) is 23.6. The van der Waals surface area contributed by atoms with Crippen LogP contribution in [0.15, 0.2) is 21.7 Å². The van der Waals surface area contributed by atoms with Crippen molar-refractivity contribution < 1.29 is 19.4 Å². The minimum atomic E-state index is -1.03. The van der Waals surface area contributed by atoms with Gasteiger partial charge >= 0.3 is 0 Å². The smallest absolute Gasteiger partial charge is 0.199 e. The highest BCUT2D eigenvalue weighted by Gasteiger charge is 2.41. The average Bonchev–Trinajstić information content (AvgIpc) is 2.20. The lowest BCUT2D eigenvalue weighted by molar-refractivity contribution is -0.122. The third-order valence-corrected chi connectivity index (χ3v) is 3.43. The molecule has 0 unspecified atom stereocenters. The fourth-order valence-corrected chi connectivity index (χ4v) is 2.47. The molecule has 1 N–H and O–H groups in total. The molecule has 16 heavy (non-hydrogen) atoms. The lowest BCUT2D eigenvalue weighted by Gasteiger charge is -2.34. The molecule has 0 radical (unpaired) electrons. The Morgan fingerprint density at radius 2 is 1.94 bits per heavy atom. The first-order valence-corrected chi connectivity index (χ1v) is 5.76. The lowest BCUT2D eigenvalue weighted by atomic mass is 9.84. The number of Topliss-reactive ketones (excluding diaryl/α,β-unsaturated/α-hetero) is 1. The van der Waals surface area contributed by atoms with Gasteiger partial charge in [-0.05, 0) is 29.8 Å². The van der Waals surface area contributed by atoms with E-state index >= 15 is 0 Å². The Morgan fingerprint density at radius 1 is 1.31 bits per heavy atom. The van der Waals surface area contributed by atoms with Crippen molar-refractivity contribution >= 4 is 27.5 Å². The number of carbonyl (C=O) groups is 2. The van der Waals surface area contributed by atoms with Gasteiger partial charge < -0.3 is 9.84 Å². The molecule has 2 aliphatic rings. The molecule has 0 spiro atoms. The lowest BCUT2D eigenvalue weighted by Crippen LogP contribution is -2.44. The van der Waals surface area contributed by atoms with Gasteiger partial charge in [0.25, 0.3) is 0 Å². The summed E-state index contributed by atoms with van der Waals surface area (Å²) in [5.74, 6) is -0.607. The second-order valence-corrected chi connectivity index (χ2v) is 4.80. The number of ether oxygens (including phenoxy) is 1. The molecule has 2 rings (SSSR count). The third-order valence-electron chi connectivity index (χ3n) is 2.84. The second kappa shape index (κ2) is 3.91. The van der Waals surface area contributed by atoms with Gasteiger partial charge in [-0.2, -0.15) is 0 Å². The first kappa shape index (κ1) is 11.7. The molecule has 86 valence electrons. The van der Waals surface area contributed by atoms with Crippen molar-refractivity contribution in [2.45, 2.75) is 32.2 Å². The zero-order chi connectivity index (χ0) is 12.0. The number of hydrogen-bond acceptors (Lipinski definition) is 4. The number of halogens is 1. The Labute approximate surface area is 101 Å². The highest BCUT2D eigenvalue weighted by atomic mass is 79.9. The SMILES string of the molecule is C[C@@H]1O[C@H](C)C2=C(C(=O)C=C(Br)C2=O)[C@H]1O. The van der Waals surface area contributed by atoms with Gasteiger partial charge in [0.1, 0.15) is 6.10 Å². The van der Waals surface area contributed by atoms with Crippen LogP contribution in [-0.2, 0) is 14.3 Å². The zero-order valence-corrected chi connectivity index (χ0v) is 10.4. The molecule has 0 aromatic rings. The van der Waals surface area contributed by atoms with E-state index in [4.69, 9.17) is 4.74 Å². The number of ketones is 2. The Balaban J connectivity index is 2.56. The Morgan fingerprint density at radius 3 is 2.56 bits per heavy atom. The molecular weight excluding hydrogens is 276 g/mol. The molecule has 1 aliphatic heterocycles. The van der Waals surface area contributed by atoms with Crippen molar-refractivity contribution in [3.05, 3.63) is 21.7 Å². The summed E-state index contributed by atoms with van der Waals surface area (Å²) in [7, 11) is 0. The van der Waals surface area contributed by atoms with Gasteiger partial charge in [-0.15, -0.1) is 0 Å². The van der Waals surface area contributed by atoms with Gasteiger partial charge in [-0.3, -0.25) is 9.59 Å². The Kier molecular flexibility index (Phi) is 2.86. The monoisotopic (exact) mass is 286 g/mol. The number of carbonyl (C=O) groups excluding carboxylic acids is 2. The molecule has 0 aromatic heterocycles. The highest BCUT2D eigenvalue weighted by Crippen LogP contribution is 2.33. The van der Waals surface area contributed by atoms with Crippen LogP contribution in [-0.4, -0.2) is 35.0 Å². The molecule has 3 atom stereocenters. The van der Waals surface area contributed by atoms with E-state index < -0.39 is 18.3 Å². The molecule has 0 aromatic carbocycles. The molecule has 1 heterocycles.